The van der Waals surface area contributed by atoms with Crippen molar-refractivity contribution in [2.75, 3.05) is 13.7 Å². The number of imidazole rings is 1. The molecule has 156 valence electrons. The van der Waals surface area contributed by atoms with Crippen LogP contribution in [0.5, 0.6) is 5.75 Å². The van der Waals surface area contributed by atoms with Crippen LogP contribution in [0.1, 0.15) is 15.9 Å². The molecule has 0 amide bonds. The Bertz CT molecular complexity index is 1110. The average Bonchev–Trinajstić information content (AvgIpc) is 3.14. The van der Waals surface area contributed by atoms with E-state index in [0.29, 0.717) is 40.7 Å². The first kappa shape index (κ1) is 22.1. The van der Waals surface area contributed by atoms with Gasteiger partial charge in [0.15, 0.2) is 5.75 Å². The molecule has 30 heavy (non-hydrogen) atoms. The topological polar surface area (TPSA) is 53.3 Å². The van der Waals surface area contributed by atoms with Crippen molar-refractivity contribution in [2.24, 2.45) is 0 Å². The van der Waals surface area contributed by atoms with Crippen LogP contribution in [-0.2, 0) is 11.5 Å². The minimum Gasteiger partial charge on any atom is -0.494 e. The third kappa shape index (κ3) is 5.31. The SMILES string of the molecule is COc1c(C(=O)C#Cc2ccccc2)cc(Cl)c2c1ncn2COCC[Si](C)(C)C. The maximum absolute atomic E-state index is 12.7. The third-order valence-electron chi connectivity index (χ3n) is 4.56. The largest absolute Gasteiger partial charge is 0.494 e. The number of ether oxygens (including phenoxy) is 2. The second kappa shape index (κ2) is 9.48. The normalized spacial score (nSPS) is 11.2. The van der Waals surface area contributed by atoms with Gasteiger partial charge in [0.2, 0.25) is 5.78 Å². The first-order valence-corrected chi connectivity index (χ1v) is 13.8. The molecule has 0 saturated carbocycles. The number of aromatic nitrogens is 2. The van der Waals surface area contributed by atoms with Gasteiger partial charge in [-0.15, -0.1) is 0 Å². The average molecular weight is 441 g/mol. The predicted octanol–water partition coefficient (Wildman–Crippen LogP) is 5.25. The van der Waals surface area contributed by atoms with E-state index in [0.717, 1.165) is 11.6 Å². The summed E-state index contributed by atoms with van der Waals surface area (Å²) >= 11 is 6.52. The van der Waals surface area contributed by atoms with E-state index in [9.17, 15) is 4.79 Å². The van der Waals surface area contributed by atoms with E-state index in [-0.39, 0.29) is 5.78 Å². The van der Waals surface area contributed by atoms with Crippen LogP contribution in [0.4, 0.5) is 0 Å². The summed E-state index contributed by atoms with van der Waals surface area (Å²) in [6, 6.07) is 12.0. The summed E-state index contributed by atoms with van der Waals surface area (Å²) in [4.78, 5) is 17.2. The first-order valence-electron chi connectivity index (χ1n) is 9.70. The molecule has 2 aromatic carbocycles. The van der Waals surface area contributed by atoms with Gasteiger partial charge < -0.3 is 14.0 Å². The molecule has 1 aromatic heterocycles. The molecule has 0 atom stereocenters. The third-order valence-corrected chi connectivity index (χ3v) is 6.56. The fourth-order valence-electron chi connectivity index (χ4n) is 2.92. The molecule has 5 nitrogen and oxygen atoms in total. The smallest absolute Gasteiger partial charge is 0.240 e. The summed E-state index contributed by atoms with van der Waals surface area (Å²) in [6.07, 6.45) is 1.65. The van der Waals surface area contributed by atoms with Crippen LogP contribution in [-0.4, -0.2) is 37.1 Å². The van der Waals surface area contributed by atoms with Crippen molar-refractivity contribution in [2.45, 2.75) is 32.4 Å². The molecule has 0 bridgehead atoms. The molecule has 0 fully saturated rings. The number of rotatable bonds is 7. The van der Waals surface area contributed by atoms with Crippen LogP contribution in [0.3, 0.4) is 0 Å². The monoisotopic (exact) mass is 440 g/mol. The molecule has 0 N–H and O–H groups in total. The number of ketones is 1. The standard InChI is InChI=1S/C23H25ClN2O3Si/c1-28-23-18(20(27)11-10-17-8-6-5-7-9-17)14-19(24)22-21(23)25-15-26(22)16-29-12-13-30(2,3)4/h5-9,14-15H,12-13,16H2,1-4H3. The van der Waals surface area contributed by atoms with Gasteiger partial charge in [-0.2, -0.15) is 0 Å². The van der Waals surface area contributed by atoms with Crippen LogP contribution in [0.25, 0.3) is 11.0 Å². The molecular formula is C23H25ClN2O3Si. The highest BCUT2D eigenvalue weighted by Crippen LogP contribution is 2.34. The Morgan fingerprint density at radius 1 is 1.23 bits per heavy atom. The van der Waals surface area contributed by atoms with Gasteiger partial charge in [-0.1, -0.05) is 55.4 Å². The molecule has 3 rings (SSSR count). The highest BCUT2D eigenvalue weighted by atomic mass is 35.5. The quantitative estimate of drug-likeness (QED) is 0.218. The van der Waals surface area contributed by atoms with E-state index in [4.69, 9.17) is 21.1 Å². The van der Waals surface area contributed by atoms with Gasteiger partial charge in [0.05, 0.1) is 29.5 Å². The van der Waals surface area contributed by atoms with Crippen LogP contribution in [0.15, 0.2) is 42.7 Å². The number of fused-ring (bicyclic) bond motifs is 1. The number of nitrogens with zero attached hydrogens (tertiary/aromatic N) is 2. The first-order chi connectivity index (χ1) is 14.3. The van der Waals surface area contributed by atoms with Gasteiger partial charge in [0, 0.05) is 20.2 Å². The van der Waals surface area contributed by atoms with Gasteiger partial charge in [-0.3, -0.25) is 4.79 Å². The van der Waals surface area contributed by atoms with Crippen LogP contribution in [0.2, 0.25) is 30.7 Å². The van der Waals surface area contributed by atoms with Crippen molar-refractivity contribution in [3.63, 3.8) is 0 Å². The predicted molar refractivity (Wildman–Crippen MR) is 123 cm³/mol. The lowest BCUT2D eigenvalue weighted by molar-refractivity contribution is 0.0898. The Labute approximate surface area is 183 Å². The van der Waals surface area contributed by atoms with Crippen molar-refractivity contribution in [1.82, 2.24) is 9.55 Å². The molecule has 0 radical (unpaired) electrons. The molecule has 0 spiro atoms. The van der Waals surface area contributed by atoms with Crippen LogP contribution < -0.4 is 4.74 Å². The van der Waals surface area contributed by atoms with E-state index in [1.165, 1.54) is 7.11 Å². The molecule has 0 aliphatic heterocycles. The zero-order chi connectivity index (χ0) is 21.7. The molecule has 7 heteroatoms. The maximum Gasteiger partial charge on any atom is 0.240 e. The highest BCUT2D eigenvalue weighted by molar-refractivity contribution is 6.76. The molecule has 0 aliphatic carbocycles. The highest BCUT2D eigenvalue weighted by Gasteiger charge is 2.21. The fraction of sp³-hybridized carbons (Fsp3) is 0.304. The number of halogens is 1. The van der Waals surface area contributed by atoms with Crippen molar-refractivity contribution < 1.29 is 14.3 Å². The molecule has 0 aliphatic rings. The minimum atomic E-state index is -1.16. The second-order valence-corrected chi connectivity index (χ2v) is 14.2. The lowest BCUT2D eigenvalue weighted by atomic mass is 10.1. The number of benzene rings is 2. The molecule has 0 saturated heterocycles. The van der Waals surface area contributed by atoms with E-state index in [1.807, 2.05) is 34.9 Å². The van der Waals surface area contributed by atoms with Crippen molar-refractivity contribution >= 4 is 36.5 Å². The summed E-state index contributed by atoms with van der Waals surface area (Å²) in [7, 11) is 0.350. The van der Waals surface area contributed by atoms with Crippen molar-refractivity contribution in [3.8, 4) is 17.6 Å². The van der Waals surface area contributed by atoms with Crippen LogP contribution >= 0.6 is 11.6 Å². The van der Waals surface area contributed by atoms with E-state index in [2.05, 4.69) is 36.5 Å². The minimum absolute atomic E-state index is 0.295. The molecule has 3 aromatic rings. The Balaban J connectivity index is 1.88. The van der Waals surface area contributed by atoms with E-state index in [1.54, 1.807) is 12.4 Å². The summed E-state index contributed by atoms with van der Waals surface area (Å²) in [6.45, 7) is 7.96. The van der Waals surface area contributed by atoms with Gasteiger partial charge >= 0.3 is 0 Å². The summed E-state index contributed by atoms with van der Waals surface area (Å²) in [5.74, 6) is 5.52. The zero-order valence-corrected chi connectivity index (χ0v) is 19.4. The van der Waals surface area contributed by atoms with Gasteiger partial charge in [-0.05, 0) is 30.2 Å². The Morgan fingerprint density at radius 2 is 1.97 bits per heavy atom. The summed E-state index contributed by atoms with van der Waals surface area (Å²) in [5.41, 5.74) is 2.25. The second-order valence-electron chi connectivity index (χ2n) is 8.14. The van der Waals surface area contributed by atoms with E-state index < -0.39 is 8.07 Å². The molecule has 0 unspecified atom stereocenters. The molecular weight excluding hydrogens is 416 g/mol. The van der Waals surface area contributed by atoms with Crippen LogP contribution in [0, 0.1) is 11.8 Å². The van der Waals surface area contributed by atoms with Crippen molar-refractivity contribution in [3.05, 3.63) is 58.9 Å². The number of hydrogen-bond donors (Lipinski definition) is 0. The van der Waals surface area contributed by atoms with E-state index >= 15 is 0 Å². The fourth-order valence-corrected chi connectivity index (χ4v) is 3.98. The maximum atomic E-state index is 12.7. The Hall–Kier alpha value is -2.59. The zero-order valence-electron chi connectivity index (χ0n) is 17.7. The molecule has 1 heterocycles. The van der Waals surface area contributed by atoms with Gasteiger partial charge in [-0.25, -0.2) is 4.98 Å². The lowest BCUT2D eigenvalue weighted by Crippen LogP contribution is -2.22. The number of hydrogen-bond acceptors (Lipinski definition) is 4. The number of carbonyl (C=O) groups is 1. The van der Waals surface area contributed by atoms with Gasteiger partial charge in [0.25, 0.3) is 0 Å². The Kier molecular flexibility index (Phi) is 6.98. The Morgan fingerprint density at radius 3 is 2.63 bits per heavy atom. The number of carbonyl (C=O) groups excluding carboxylic acids is 1. The van der Waals surface area contributed by atoms with Gasteiger partial charge in [0.1, 0.15) is 12.2 Å². The van der Waals surface area contributed by atoms with Crippen molar-refractivity contribution in [1.29, 1.82) is 0 Å². The number of Topliss-reactive ketones (excluding diaryl/α,β-unsaturated/α-hetero) is 1. The summed E-state index contributed by atoms with van der Waals surface area (Å²) in [5, 5.41) is 0.405. The summed E-state index contributed by atoms with van der Waals surface area (Å²) < 4.78 is 13.2. The lowest BCUT2D eigenvalue weighted by Gasteiger charge is -2.16. The number of methoxy groups -OCH3 is 1.